The van der Waals surface area contributed by atoms with Crippen molar-refractivity contribution in [3.05, 3.63) is 75.1 Å². The molecule has 0 saturated carbocycles. The van der Waals surface area contributed by atoms with Crippen molar-refractivity contribution in [2.75, 3.05) is 10.6 Å². The quantitative estimate of drug-likeness (QED) is 0.617. The zero-order chi connectivity index (χ0) is 18.2. The second kappa shape index (κ2) is 8.89. The van der Waals surface area contributed by atoms with E-state index < -0.39 is 0 Å². The fraction of sp³-hybridized carbons (Fsp3) is 0. The van der Waals surface area contributed by atoms with Gasteiger partial charge >= 0.3 is 0 Å². The number of hydrogen-bond acceptors (Lipinski definition) is 5. The van der Waals surface area contributed by atoms with Crippen LogP contribution in [0.4, 0.5) is 11.6 Å². The van der Waals surface area contributed by atoms with Crippen molar-refractivity contribution in [1.82, 2.24) is 4.98 Å². The minimum absolute atomic E-state index is 0.285. The summed E-state index contributed by atoms with van der Waals surface area (Å²) in [5.41, 5.74) is 0. The number of carbonyl (C=O) groups is 2. The fourth-order valence-electron chi connectivity index (χ4n) is 2.00. The Kier molecular flexibility index (Phi) is 6.08. The SMILES string of the molecule is O=C(/C=C\c1cccs1)Nc1cccc(NC(=O)/C=C/c2cccs2)n1. The van der Waals surface area contributed by atoms with Crippen LogP contribution in [0, 0.1) is 0 Å². The average molecular weight is 381 g/mol. The molecule has 0 aliphatic carbocycles. The molecule has 3 aromatic heterocycles. The van der Waals surface area contributed by atoms with E-state index in [4.69, 9.17) is 0 Å². The van der Waals surface area contributed by atoms with Gasteiger partial charge in [0.15, 0.2) is 0 Å². The number of carbonyl (C=O) groups excluding carboxylic acids is 2. The van der Waals surface area contributed by atoms with Crippen molar-refractivity contribution in [2.45, 2.75) is 0 Å². The number of thiophene rings is 2. The second-order valence-electron chi connectivity index (χ2n) is 5.08. The number of anilines is 2. The molecule has 0 spiro atoms. The maximum absolute atomic E-state index is 11.9. The van der Waals surface area contributed by atoms with Gasteiger partial charge in [-0.15, -0.1) is 22.7 Å². The van der Waals surface area contributed by atoms with Gasteiger partial charge in [-0.25, -0.2) is 4.98 Å². The number of aromatic nitrogens is 1. The number of hydrogen-bond donors (Lipinski definition) is 2. The summed E-state index contributed by atoms with van der Waals surface area (Å²) in [5, 5.41) is 9.23. The molecule has 2 amide bonds. The smallest absolute Gasteiger partial charge is 0.249 e. The largest absolute Gasteiger partial charge is 0.307 e. The van der Waals surface area contributed by atoms with Gasteiger partial charge in [0.1, 0.15) is 11.6 Å². The minimum atomic E-state index is -0.285. The summed E-state index contributed by atoms with van der Waals surface area (Å²) in [5.74, 6) is 0.163. The highest BCUT2D eigenvalue weighted by Gasteiger charge is 2.03. The molecule has 0 aromatic carbocycles. The summed E-state index contributed by atoms with van der Waals surface area (Å²) < 4.78 is 0. The molecule has 3 heterocycles. The van der Waals surface area contributed by atoms with Crippen LogP contribution in [0.5, 0.6) is 0 Å². The second-order valence-corrected chi connectivity index (χ2v) is 7.04. The number of pyridine rings is 1. The number of rotatable bonds is 6. The van der Waals surface area contributed by atoms with Crippen LogP contribution in [0.15, 0.2) is 65.4 Å². The van der Waals surface area contributed by atoms with E-state index in [9.17, 15) is 9.59 Å². The standard InChI is InChI=1S/C19H15N3O2S2/c23-18(10-8-14-4-2-12-25-14)21-16-6-1-7-17(20-16)22-19(24)11-9-15-5-3-13-26-15/h1-13H,(H2,20,21,22,23,24)/b10-8-,11-9+. The molecule has 26 heavy (non-hydrogen) atoms. The van der Waals surface area contributed by atoms with E-state index in [1.807, 2.05) is 35.0 Å². The Morgan fingerprint density at radius 2 is 1.27 bits per heavy atom. The van der Waals surface area contributed by atoms with Crippen molar-refractivity contribution in [3.8, 4) is 0 Å². The molecule has 5 nitrogen and oxygen atoms in total. The van der Waals surface area contributed by atoms with E-state index in [0.29, 0.717) is 11.6 Å². The normalized spacial score (nSPS) is 11.1. The third-order valence-corrected chi connectivity index (χ3v) is 4.81. The third kappa shape index (κ3) is 5.51. The van der Waals surface area contributed by atoms with Crippen LogP contribution in [-0.2, 0) is 9.59 Å². The van der Waals surface area contributed by atoms with Crippen LogP contribution in [0.2, 0.25) is 0 Å². The van der Waals surface area contributed by atoms with Gasteiger partial charge in [-0.3, -0.25) is 9.59 Å². The molecule has 130 valence electrons. The Balaban J connectivity index is 1.57. The lowest BCUT2D eigenvalue weighted by Crippen LogP contribution is -2.12. The van der Waals surface area contributed by atoms with Crippen LogP contribution < -0.4 is 10.6 Å². The highest BCUT2D eigenvalue weighted by Crippen LogP contribution is 2.13. The van der Waals surface area contributed by atoms with Crippen molar-refractivity contribution in [2.24, 2.45) is 0 Å². The fourth-order valence-corrected chi connectivity index (χ4v) is 3.23. The molecule has 0 aliphatic rings. The first kappa shape index (κ1) is 17.8. The first-order valence-corrected chi connectivity index (χ1v) is 9.47. The van der Waals surface area contributed by atoms with Crippen LogP contribution in [0.3, 0.4) is 0 Å². The minimum Gasteiger partial charge on any atom is -0.307 e. The van der Waals surface area contributed by atoms with Crippen molar-refractivity contribution < 1.29 is 9.59 Å². The highest BCUT2D eigenvalue weighted by atomic mass is 32.1. The Morgan fingerprint density at radius 1 is 0.769 bits per heavy atom. The van der Waals surface area contributed by atoms with Crippen molar-refractivity contribution in [1.29, 1.82) is 0 Å². The van der Waals surface area contributed by atoms with E-state index in [1.165, 1.54) is 12.2 Å². The Morgan fingerprint density at radius 3 is 1.69 bits per heavy atom. The van der Waals surface area contributed by atoms with Gasteiger partial charge in [0.2, 0.25) is 11.8 Å². The monoisotopic (exact) mass is 381 g/mol. The third-order valence-electron chi connectivity index (χ3n) is 3.14. The van der Waals surface area contributed by atoms with Gasteiger partial charge in [0, 0.05) is 21.9 Å². The molecule has 0 aliphatic heterocycles. The van der Waals surface area contributed by atoms with Gasteiger partial charge in [-0.05, 0) is 47.2 Å². The Hall–Kier alpha value is -3.03. The maximum Gasteiger partial charge on any atom is 0.249 e. The molecular formula is C19H15N3O2S2. The lowest BCUT2D eigenvalue weighted by atomic mass is 10.3. The molecule has 0 saturated heterocycles. The number of nitrogens with one attached hydrogen (secondary N) is 2. The Labute approximate surface area is 158 Å². The van der Waals surface area contributed by atoms with Crippen LogP contribution in [0.25, 0.3) is 12.2 Å². The predicted octanol–water partition coefficient (Wildman–Crippen LogP) is 4.51. The van der Waals surface area contributed by atoms with E-state index in [1.54, 1.807) is 53.0 Å². The van der Waals surface area contributed by atoms with Gasteiger partial charge < -0.3 is 10.6 Å². The van der Waals surface area contributed by atoms with Crippen molar-refractivity contribution in [3.63, 3.8) is 0 Å². The molecule has 7 heteroatoms. The molecule has 3 aromatic rings. The molecule has 0 unspecified atom stereocenters. The predicted molar refractivity (Wildman–Crippen MR) is 108 cm³/mol. The molecule has 2 N–H and O–H groups in total. The zero-order valence-corrected chi connectivity index (χ0v) is 15.2. The molecule has 0 fully saturated rings. The van der Waals surface area contributed by atoms with E-state index in [0.717, 1.165) is 9.75 Å². The van der Waals surface area contributed by atoms with Gasteiger partial charge in [0.05, 0.1) is 0 Å². The lowest BCUT2D eigenvalue weighted by Gasteiger charge is -2.05. The topological polar surface area (TPSA) is 71.1 Å². The lowest BCUT2D eigenvalue weighted by molar-refractivity contribution is -0.112. The molecule has 0 radical (unpaired) electrons. The zero-order valence-electron chi connectivity index (χ0n) is 13.6. The van der Waals surface area contributed by atoms with Crippen LogP contribution >= 0.6 is 22.7 Å². The van der Waals surface area contributed by atoms with E-state index >= 15 is 0 Å². The molecular weight excluding hydrogens is 366 g/mol. The summed E-state index contributed by atoms with van der Waals surface area (Å²) in [6, 6.07) is 12.7. The summed E-state index contributed by atoms with van der Waals surface area (Å²) >= 11 is 3.10. The molecule has 3 rings (SSSR count). The summed E-state index contributed by atoms with van der Waals surface area (Å²) in [4.78, 5) is 30.1. The van der Waals surface area contributed by atoms with E-state index in [2.05, 4.69) is 15.6 Å². The summed E-state index contributed by atoms with van der Waals surface area (Å²) in [6.45, 7) is 0. The molecule has 0 bridgehead atoms. The number of nitrogens with zero attached hydrogens (tertiary/aromatic N) is 1. The van der Waals surface area contributed by atoms with Gasteiger partial charge in [-0.1, -0.05) is 18.2 Å². The van der Waals surface area contributed by atoms with E-state index in [-0.39, 0.29) is 11.8 Å². The highest BCUT2D eigenvalue weighted by molar-refractivity contribution is 7.11. The first-order valence-electron chi connectivity index (χ1n) is 7.71. The summed E-state index contributed by atoms with van der Waals surface area (Å²) in [7, 11) is 0. The average Bonchev–Trinajstić information content (AvgIpc) is 3.32. The molecule has 0 atom stereocenters. The van der Waals surface area contributed by atoms with Crippen LogP contribution in [-0.4, -0.2) is 16.8 Å². The van der Waals surface area contributed by atoms with Gasteiger partial charge in [-0.2, -0.15) is 0 Å². The van der Waals surface area contributed by atoms with Crippen molar-refractivity contribution >= 4 is 58.3 Å². The first-order chi connectivity index (χ1) is 12.7. The van der Waals surface area contributed by atoms with Gasteiger partial charge in [0.25, 0.3) is 0 Å². The summed E-state index contributed by atoms with van der Waals surface area (Å²) in [6.07, 6.45) is 6.37. The van der Waals surface area contributed by atoms with Crippen LogP contribution in [0.1, 0.15) is 9.75 Å². The Bertz CT molecular complexity index is 856. The maximum atomic E-state index is 11.9. The number of amides is 2.